The van der Waals surface area contributed by atoms with Gasteiger partial charge in [-0.25, -0.2) is 0 Å². The molecule has 0 aromatic heterocycles. The number of nitrogens with zero attached hydrogens (tertiary/aromatic N) is 2. The molecule has 0 spiro atoms. The molecule has 5 heteroatoms. The minimum atomic E-state index is -0.425. The molecule has 2 aliphatic rings. The maximum absolute atomic E-state index is 12.1. The topological polar surface area (TPSA) is 53.0 Å². The van der Waals surface area contributed by atoms with Crippen LogP contribution in [0.15, 0.2) is 0 Å². The molecule has 1 amide bonds. The zero-order chi connectivity index (χ0) is 13.8. The highest BCUT2D eigenvalue weighted by molar-refractivity contribution is 5.81. The zero-order valence-corrected chi connectivity index (χ0v) is 12.0. The highest BCUT2D eigenvalue weighted by Crippen LogP contribution is 2.39. The van der Waals surface area contributed by atoms with Gasteiger partial charge in [0.05, 0.1) is 12.7 Å². The molecule has 19 heavy (non-hydrogen) atoms. The number of aliphatic hydroxyl groups excluding tert-OH is 1. The molecule has 2 rings (SSSR count). The van der Waals surface area contributed by atoms with E-state index in [9.17, 15) is 9.90 Å². The number of hydrogen-bond acceptors (Lipinski definition) is 4. The molecule has 1 aliphatic carbocycles. The molecule has 0 radical (unpaired) electrons. The lowest BCUT2D eigenvalue weighted by Gasteiger charge is -2.35. The van der Waals surface area contributed by atoms with Gasteiger partial charge in [-0.3, -0.25) is 9.69 Å². The summed E-state index contributed by atoms with van der Waals surface area (Å²) in [5, 5.41) is 9.79. The predicted octanol–water partition coefficient (Wildman–Crippen LogP) is 0.184. The Morgan fingerprint density at radius 2 is 2.00 bits per heavy atom. The summed E-state index contributed by atoms with van der Waals surface area (Å²) in [4.78, 5) is 16.3. The lowest BCUT2D eigenvalue weighted by molar-refractivity contribution is -0.134. The van der Waals surface area contributed by atoms with Gasteiger partial charge in [-0.15, -0.1) is 0 Å². The summed E-state index contributed by atoms with van der Waals surface area (Å²) in [5.74, 6) is 1.20. The zero-order valence-electron chi connectivity index (χ0n) is 12.0. The van der Waals surface area contributed by atoms with Crippen molar-refractivity contribution in [2.24, 2.45) is 11.8 Å². The van der Waals surface area contributed by atoms with Crippen LogP contribution < -0.4 is 0 Å². The Bertz CT molecular complexity index is 303. The van der Waals surface area contributed by atoms with Crippen molar-refractivity contribution in [3.05, 3.63) is 0 Å². The fourth-order valence-electron chi connectivity index (χ4n) is 2.66. The van der Waals surface area contributed by atoms with Crippen LogP contribution >= 0.6 is 0 Å². The summed E-state index contributed by atoms with van der Waals surface area (Å²) in [6.45, 7) is 9.05. The average Bonchev–Trinajstić information content (AvgIpc) is 3.13. The van der Waals surface area contributed by atoms with E-state index in [1.165, 1.54) is 0 Å². The van der Waals surface area contributed by atoms with Gasteiger partial charge in [0, 0.05) is 45.2 Å². The average molecular weight is 270 g/mol. The summed E-state index contributed by atoms with van der Waals surface area (Å²) in [7, 11) is 0. The first-order valence-corrected chi connectivity index (χ1v) is 7.38. The number of carbonyl (C=O) groups excluding carboxylic acids is 1. The standard InChI is InChI=1S/C14H26N2O3/c1-3-19-10-12(17)9-15-4-6-16(7-5-15)14(18)13-8-11(13)2/h11-13,17H,3-10H2,1-2H3/t11-,12-,13+/m1/s1. The van der Waals surface area contributed by atoms with Gasteiger partial charge >= 0.3 is 0 Å². The first-order valence-electron chi connectivity index (χ1n) is 7.38. The SMILES string of the molecule is CCOC[C@H](O)CN1CCN(C(=O)[C@H]2C[C@H]2C)CC1. The molecule has 3 atom stereocenters. The van der Waals surface area contributed by atoms with E-state index in [0.29, 0.717) is 31.6 Å². The van der Waals surface area contributed by atoms with Crippen LogP contribution in [-0.4, -0.2) is 72.9 Å². The highest BCUT2D eigenvalue weighted by Gasteiger charge is 2.41. The van der Waals surface area contributed by atoms with E-state index in [1.54, 1.807) is 0 Å². The molecule has 1 saturated heterocycles. The number of rotatable bonds is 6. The molecule has 1 saturated carbocycles. The first kappa shape index (κ1) is 14.8. The molecule has 5 nitrogen and oxygen atoms in total. The molecular weight excluding hydrogens is 244 g/mol. The molecule has 0 aromatic carbocycles. The van der Waals surface area contributed by atoms with Crippen LogP contribution in [0.25, 0.3) is 0 Å². The molecule has 0 unspecified atom stereocenters. The summed E-state index contributed by atoms with van der Waals surface area (Å²) in [5.41, 5.74) is 0. The van der Waals surface area contributed by atoms with Crippen molar-refractivity contribution in [3.63, 3.8) is 0 Å². The minimum Gasteiger partial charge on any atom is -0.389 e. The van der Waals surface area contributed by atoms with Crippen LogP contribution in [0.4, 0.5) is 0 Å². The molecule has 1 aliphatic heterocycles. The van der Waals surface area contributed by atoms with Gasteiger partial charge in [-0.05, 0) is 19.3 Å². The van der Waals surface area contributed by atoms with Crippen molar-refractivity contribution in [2.45, 2.75) is 26.4 Å². The number of aliphatic hydroxyl groups is 1. The second-order valence-corrected chi connectivity index (χ2v) is 5.76. The number of amides is 1. The molecule has 1 N–H and O–H groups in total. The largest absolute Gasteiger partial charge is 0.389 e. The van der Waals surface area contributed by atoms with Crippen LogP contribution in [0.2, 0.25) is 0 Å². The van der Waals surface area contributed by atoms with E-state index >= 15 is 0 Å². The fraction of sp³-hybridized carbons (Fsp3) is 0.929. The third-order valence-electron chi connectivity index (χ3n) is 4.09. The monoisotopic (exact) mass is 270 g/mol. The lowest BCUT2D eigenvalue weighted by Crippen LogP contribution is -2.51. The quantitative estimate of drug-likeness (QED) is 0.748. The van der Waals surface area contributed by atoms with Crippen LogP contribution in [0, 0.1) is 11.8 Å². The minimum absolute atomic E-state index is 0.287. The fourth-order valence-corrected chi connectivity index (χ4v) is 2.66. The number of ether oxygens (including phenoxy) is 1. The van der Waals surface area contributed by atoms with Crippen LogP contribution in [0.1, 0.15) is 20.3 Å². The Morgan fingerprint density at radius 1 is 1.37 bits per heavy atom. The Hall–Kier alpha value is -0.650. The van der Waals surface area contributed by atoms with Gasteiger partial charge in [0.1, 0.15) is 0 Å². The lowest BCUT2D eigenvalue weighted by atomic mass is 10.2. The van der Waals surface area contributed by atoms with Gasteiger partial charge in [0.15, 0.2) is 0 Å². The second-order valence-electron chi connectivity index (χ2n) is 5.76. The van der Waals surface area contributed by atoms with E-state index < -0.39 is 6.10 Å². The van der Waals surface area contributed by atoms with Gasteiger partial charge in [-0.2, -0.15) is 0 Å². The van der Waals surface area contributed by atoms with Crippen molar-refractivity contribution < 1.29 is 14.6 Å². The summed E-state index contributed by atoms with van der Waals surface area (Å²) in [6, 6.07) is 0. The van der Waals surface area contributed by atoms with Crippen molar-refractivity contribution >= 4 is 5.91 Å². The van der Waals surface area contributed by atoms with Crippen molar-refractivity contribution in [3.8, 4) is 0 Å². The van der Waals surface area contributed by atoms with Crippen LogP contribution in [-0.2, 0) is 9.53 Å². The molecule has 2 fully saturated rings. The van der Waals surface area contributed by atoms with Crippen molar-refractivity contribution in [1.29, 1.82) is 0 Å². The maximum Gasteiger partial charge on any atom is 0.226 e. The number of hydrogen-bond donors (Lipinski definition) is 1. The molecule has 110 valence electrons. The number of carbonyl (C=O) groups is 1. The molecule has 0 bridgehead atoms. The Labute approximate surface area is 115 Å². The molecular formula is C14H26N2O3. The first-order chi connectivity index (χ1) is 9.11. The Morgan fingerprint density at radius 3 is 2.53 bits per heavy atom. The summed E-state index contributed by atoms with van der Waals surface area (Å²) >= 11 is 0. The van der Waals surface area contributed by atoms with Crippen LogP contribution in [0.5, 0.6) is 0 Å². The third kappa shape index (κ3) is 4.16. The molecule has 1 heterocycles. The number of β-amino-alcohol motifs (C(OH)–C–C–N with tert-alkyl or cyclic N) is 1. The van der Waals surface area contributed by atoms with Crippen molar-refractivity contribution in [2.75, 3.05) is 45.9 Å². The Balaban J connectivity index is 1.66. The van der Waals surface area contributed by atoms with Crippen molar-refractivity contribution in [1.82, 2.24) is 9.80 Å². The van der Waals surface area contributed by atoms with E-state index in [2.05, 4.69) is 11.8 Å². The normalized spacial score (nSPS) is 29.3. The van der Waals surface area contributed by atoms with Crippen LogP contribution in [0.3, 0.4) is 0 Å². The predicted molar refractivity (Wildman–Crippen MR) is 72.8 cm³/mol. The van der Waals surface area contributed by atoms with Gasteiger partial charge in [0.2, 0.25) is 5.91 Å². The summed E-state index contributed by atoms with van der Waals surface area (Å²) in [6.07, 6.45) is 0.636. The third-order valence-corrected chi connectivity index (χ3v) is 4.09. The molecule has 0 aromatic rings. The van der Waals surface area contributed by atoms with E-state index in [4.69, 9.17) is 4.74 Å². The van der Waals surface area contributed by atoms with E-state index in [1.807, 2.05) is 11.8 Å². The van der Waals surface area contributed by atoms with Gasteiger partial charge in [-0.1, -0.05) is 6.92 Å². The van der Waals surface area contributed by atoms with E-state index in [-0.39, 0.29) is 5.92 Å². The number of piperazine rings is 1. The van der Waals surface area contributed by atoms with Gasteiger partial charge in [0.25, 0.3) is 0 Å². The van der Waals surface area contributed by atoms with E-state index in [0.717, 1.165) is 32.6 Å². The highest BCUT2D eigenvalue weighted by atomic mass is 16.5. The Kier molecular flexibility index (Phi) is 5.19. The smallest absolute Gasteiger partial charge is 0.226 e. The van der Waals surface area contributed by atoms with Gasteiger partial charge < -0.3 is 14.7 Å². The second kappa shape index (κ2) is 6.68. The maximum atomic E-state index is 12.1. The summed E-state index contributed by atoms with van der Waals surface area (Å²) < 4.78 is 5.21.